The number of nitrogen functional groups attached to an aromatic ring is 1. The molecule has 1 aliphatic rings. The monoisotopic (exact) mass is 261 g/mol. The maximum atomic E-state index is 11.9. The lowest BCUT2D eigenvalue weighted by Gasteiger charge is -2.31. The van der Waals surface area contributed by atoms with Gasteiger partial charge in [-0.25, -0.2) is 0 Å². The molecule has 1 aromatic rings. The fraction of sp³-hybridized carbons (Fsp3) is 0.562. The summed E-state index contributed by atoms with van der Waals surface area (Å²) in [5, 5.41) is 0. The largest absolute Gasteiger partial charge is 0.462 e. The Labute approximate surface area is 115 Å². The minimum atomic E-state index is -0.162. The van der Waals surface area contributed by atoms with Crippen molar-refractivity contribution < 1.29 is 9.53 Å². The average molecular weight is 261 g/mol. The van der Waals surface area contributed by atoms with Crippen molar-refractivity contribution >= 4 is 11.7 Å². The van der Waals surface area contributed by atoms with Crippen molar-refractivity contribution in [3.05, 3.63) is 29.8 Å². The number of rotatable bonds is 3. The topological polar surface area (TPSA) is 52.3 Å². The summed E-state index contributed by atoms with van der Waals surface area (Å²) in [6, 6.07) is 7.45. The lowest BCUT2D eigenvalue weighted by molar-refractivity contribution is -0.150. The molecule has 19 heavy (non-hydrogen) atoms. The van der Waals surface area contributed by atoms with E-state index in [1.807, 2.05) is 24.3 Å². The third-order valence-corrected chi connectivity index (χ3v) is 4.24. The predicted molar refractivity (Wildman–Crippen MR) is 76.6 cm³/mol. The van der Waals surface area contributed by atoms with E-state index < -0.39 is 0 Å². The Bertz CT molecular complexity index is 444. The number of ether oxygens (including phenoxy) is 1. The van der Waals surface area contributed by atoms with Crippen molar-refractivity contribution in [2.75, 3.05) is 5.73 Å². The highest BCUT2D eigenvalue weighted by Crippen LogP contribution is 2.31. The van der Waals surface area contributed by atoms with Gasteiger partial charge in [0.1, 0.15) is 6.10 Å². The number of carbonyl (C=O) groups is 1. The SMILES string of the molecule is CC1CCC(OC(=O)Cc2ccccc2N)CC1C. The third-order valence-electron chi connectivity index (χ3n) is 4.24. The zero-order chi connectivity index (χ0) is 13.8. The number of benzene rings is 1. The molecule has 2 rings (SSSR count). The van der Waals surface area contributed by atoms with E-state index in [2.05, 4.69) is 13.8 Å². The second-order valence-corrected chi connectivity index (χ2v) is 5.76. The summed E-state index contributed by atoms with van der Waals surface area (Å²) in [6.07, 6.45) is 3.47. The molecular formula is C16H23NO2. The molecule has 0 aliphatic heterocycles. The van der Waals surface area contributed by atoms with Crippen LogP contribution in [0.25, 0.3) is 0 Å². The van der Waals surface area contributed by atoms with Gasteiger partial charge in [-0.05, 0) is 42.7 Å². The van der Waals surface area contributed by atoms with Crippen molar-refractivity contribution in [2.24, 2.45) is 11.8 Å². The maximum Gasteiger partial charge on any atom is 0.310 e. The summed E-state index contributed by atoms with van der Waals surface area (Å²) in [4.78, 5) is 11.9. The highest BCUT2D eigenvalue weighted by atomic mass is 16.5. The zero-order valence-corrected chi connectivity index (χ0v) is 11.8. The number of hydrogen-bond donors (Lipinski definition) is 1. The summed E-state index contributed by atoms with van der Waals surface area (Å²) in [5.74, 6) is 1.21. The van der Waals surface area contributed by atoms with Crippen molar-refractivity contribution in [1.82, 2.24) is 0 Å². The number of para-hydroxylation sites is 1. The molecule has 1 aromatic carbocycles. The van der Waals surface area contributed by atoms with Gasteiger partial charge in [0, 0.05) is 5.69 Å². The van der Waals surface area contributed by atoms with Crippen molar-refractivity contribution in [3.63, 3.8) is 0 Å². The number of esters is 1. The molecule has 3 atom stereocenters. The summed E-state index contributed by atoms with van der Waals surface area (Å²) < 4.78 is 5.57. The Kier molecular flexibility index (Phi) is 4.46. The lowest BCUT2D eigenvalue weighted by Crippen LogP contribution is -2.29. The van der Waals surface area contributed by atoms with E-state index in [9.17, 15) is 4.79 Å². The first-order valence-electron chi connectivity index (χ1n) is 7.09. The molecule has 3 unspecified atom stereocenters. The fourth-order valence-corrected chi connectivity index (χ4v) is 2.68. The summed E-state index contributed by atoms with van der Waals surface area (Å²) in [7, 11) is 0. The van der Waals surface area contributed by atoms with Crippen LogP contribution in [-0.4, -0.2) is 12.1 Å². The molecule has 104 valence electrons. The first-order valence-corrected chi connectivity index (χ1v) is 7.09. The molecule has 0 bridgehead atoms. The molecule has 1 saturated carbocycles. The Balaban J connectivity index is 1.87. The first kappa shape index (κ1) is 13.9. The van der Waals surface area contributed by atoms with Crippen LogP contribution in [0.4, 0.5) is 5.69 Å². The van der Waals surface area contributed by atoms with Gasteiger partial charge >= 0.3 is 5.97 Å². The third kappa shape index (κ3) is 3.72. The van der Waals surface area contributed by atoms with Crippen LogP contribution in [0.15, 0.2) is 24.3 Å². The molecule has 0 spiro atoms. The minimum Gasteiger partial charge on any atom is -0.462 e. The van der Waals surface area contributed by atoms with E-state index in [0.717, 1.165) is 30.7 Å². The van der Waals surface area contributed by atoms with E-state index in [4.69, 9.17) is 10.5 Å². The summed E-state index contributed by atoms with van der Waals surface area (Å²) in [6.45, 7) is 4.51. The quantitative estimate of drug-likeness (QED) is 0.671. The number of anilines is 1. The van der Waals surface area contributed by atoms with Crippen LogP contribution in [-0.2, 0) is 16.0 Å². The molecule has 1 aliphatic carbocycles. The second-order valence-electron chi connectivity index (χ2n) is 5.76. The Hall–Kier alpha value is -1.51. The molecule has 1 fully saturated rings. The van der Waals surface area contributed by atoms with Crippen molar-refractivity contribution in [1.29, 1.82) is 0 Å². The molecule has 0 heterocycles. The van der Waals surface area contributed by atoms with Crippen LogP contribution in [0.1, 0.15) is 38.7 Å². The summed E-state index contributed by atoms with van der Waals surface area (Å²) in [5.41, 5.74) is 7.34. The molecule has 3 heteroatoms. The average Bonchev–Trinajstić information content (AvgIpc) is 2.37. The molecule has 0 saturated heterocycles. The van der Waals surface area contributed by atoms with Gasteiger partial charge in [-0.3, -0.25) is 4.79 Å². The highest BCUT2D eigenvalue weighted by molar-refractivity contribution is 5.75. The van der Waals surface area contributed by atoms with Gasteiger partial charge in [0.25, 0.3) is 0 Å². The van der Waals surface area contributed by atoms with E-state index in [0.29, 0.717) is 11.6 Å². The van der Waals surface area contributed by atoms with E-state index in [1.165, 1.54) is 0 Å². The standard InChI is InChI=1S/C16H23NO2/c1-11-7-8-14(9-12(11)2)19-16(18)10-13-5-3-4-6-15(13)17/h3-6,11-12,14H,7-10,17H2,1-2H3. The van der Waals surface area contributed by atoms with Gasteiger partial charge in [-0.15, -0.1) is 0 Å². The molecule has 0 radical (unpaired) electrons. The summed E-state index contributed by atoms with van der Waals surface area (Å²) >= 11 is 0. The minimum absolute atomic E-state index is 0.0867. The molecule has 2 N–H and O–H groups in total. The van der Waals surface area contributed by atoms with Gasteiger partial charge in [0.05, 0.1) is 6.42 Å². The molecule has 0 amide bonds. The van der Waals surface area contributed by atoms with Gasteiger partial charge in [0.2, 0.25) is 0 Å². The van der Waals surface area contributed by atoms with Crippen LogP contribution in [0, 0.1) is 11.8 Å². The van der Waals surface area contributed by atoms with E-state index in [1.54, 1.807) is 0 Å². The Morgan fingerprint density at radius 3 is 2.68 bits per heavy atom. The van der Waals surface area contributed by atoms with Gasteiger partial charge in [-0.2, -0.15) is 0 Å². The van der Waals surface area contributed by atoms with Gasteiger partial charge in [0.15, 0.2) is 0 Å². The van der Waals surface area contributed by atoms with Crippen LogP contribution >= 0.6 is 0 Å². The van der Waals surface area contributed by atoms with Gasteiger partial charge in [-0.1, -0.05) is 32.0 Å². The van der Waals surface area contributed by atoms with Crippen LogP contribution < -0.4 is 5.73 Å². The van der Waals surface area contributed by atoms with Crippen LogP contribution in [0.5, 0.6) is 0 Å². The molecule has 0 aromatic heterocycles. The highest BCUT2D eigenvalue weighted by Gasteiger charge is 2.27. The van der Waals surface area contributed by atoms with Crippen LogP contribution in [0.2, 0.25) is 0 Å². The Morgan fingerprint density at radius 2 is 2.00 bits per heavy atom. The van der Waals surface area contributed by atoms with Crippen molar-refractivity contribution in [3.8, 4) is 0 Å². The fourth-order valence-electron chi connectivity index (χ4n) is 2.68. The second kappa shape index (κ2) is 6.09. The lowest BCUT2D eigenvalue weighted by atomic mass is 9.80. The Morgan fingerprint density at radius 1 is 1.26 bits per heavy atom. The number of nitrogens with two attached hydrogens (primary N) is 1. The smallest absolute Gasteiger partial charge is 0.310 e. The first-order chi connectivity index (χ1) is 9.06. The van der Waals surface area contributed by atoms with Gasteiger partial charge < -0.3 is 10.5 Å². The predicted octanol–water partition coefficient (Wildman–Crippen LogP) is 3.18. The van der Waals surface area contributed by atoms with Crippen LogP contribution in [0.3, 0.4) is 0 Å². The molecule has 3 nitrogen and oxygen atoms in total. The van der Waals surface area contributed by atoms with E-state index >= 15 is 0 Å². The number of hydrogen-bond acceptors (Lipinski definition) is 3. The normalized spacial score (nSPS) is 26.9. The van der Waals surface area contributed by atoms with Crippen molar-refractivity contribution in [2.45, 2.75) is 45.6 Å². The van der Waals surface area contributed by atoms with E-state index in [-0.39, 0.29) is 18.5 Å². The maximum absolute atomic E-state index is 11.9. The number of carbonyl (C=O) groups excluding carboxylic acids is 1. The zero-order valence-electron chi connectivity index (χ0n) is 11.8. The molecular weight excluding hydrogens is 238 g/mol.